The van der Waals surface area contributed by atoms with Crippen molar-refractivity contribution in [1.82, 2.24) is 10.2 Å². The zero-order chi connectivity index (χ0) is 14.4. The molecular formula is C18H34N2. The van der Waals surface area contributed by atoms with Gasteiger partial charge >= 0.3 is 0 Å². The van der Waals surface area contributed by atoms with E-state index in [9.17, 15) is 0 Å². The van der Waals surface area contributed by atoms with E-state index >= 15 is 0 Å². The summed E-state index contributed by atoms with van der Waals surface area (Å²) in [5.41, 5.74) is 1.73. The number of hydrogen-bond donors (Lipinski definition) is 1. The molecule has 2 aliphatic rings. The Hall–Kier alpha value is -0.340. The van der Waals surface area contributed by atoms with Crippen LogP contribution in [-0.4, -0.2) is 36.6 Å². The van der Waals surface area contributed by atoms with Crippen molar-refractivity contribution < 1.29 is 0 Å². The molecule has 1 aliphatic heterocycles. The van der Waals surface area contributed by atoms with Crippen molar-refractivity contribution in [2.45, 2.75) is 77.8 Å². The predicted molar refractivity (Wildman–Crippen MR) is 88.1 cm³/mol. The number of nitrogens with one attached hydrogen (secondary N) is 1. The van der Waals surface area contributed by atoms with Crippen molar-refractivity contribution in [1.29, 1.82) is 0 Å². The largest absolute Gasteiger partial charge is 0.311 e. The molecule has 2 unspecified atom stereocenters. The van der Waals surface area contributed by atoms with Crippen molar-refractivity contribution in [3.63, 3.8) is 0 Å². The van der Waals surface area contributed by atoms with E-state index in [4.69, 9.17) is 0 Å². The summed E-state index contributed by atoms with van der Waals surface area (Å²) in [6, 6.07) is 1.45. The predicted octanol–water partition coefficient (Wildman–Crippen LogP) is 3.98. The van der Waals surface area contributed by atoms with Gasteiger partial charge < -0.3 is 5.32 Å². The fraction of sp³-hybridized carbons (Fsp3) is 0.889. The maximum Gasteiger partial charge on any atom is 0.0244 e. The summed E-state index contributed by atoms with van der Waals surface area (Å²) in [6.07, 6.45) is 11.9. The van der Waals surface area contributed by atoms with E-state index in [1.54, 1.807) is 5.57 Å². The van der Waals surface area contributed by atoms with Gasteiger partial charge in [-0.25, -0.2) is 0 Å². The Kier molecular flexibility index (Phi) is 6.57. The summed E-state index contributed by atoms with van der Waals surface area (Å²) in [5, 5.41) is 3.76. The molecule has 0 amide bonds. The molecule has 0 bridgehead atoms. The summed E-state index contributed by atoms with van der Waals surface area (Å²) in [4.78, 5) is 2.77. The normalized spacial score (nSPS) is 28.7. The fourth-order valence-electron chi connectivity index (χ4n) is 3.77. The van der Waals surface area contributed by atoms with Crippen molar-refractivity contribution in [3.8, 4) is 0 Å². The first-order chi connectivity index (χ1) is 9.70. The van der Waals surface area contributed by atoms with Gasteiger partial charge in [0, 0.05) is 31.7 Å². The summed E-state index contributed by atoms with van der Waals surface area (Å²) in [7, 11) is 0. The standard InChI is InChI=1S/C18H34N2/c1-4-8-17-14-20(18(13-19-17)15(2)3)12-11-16-9-6-5-7-10-16/h9,15,17-19H,4-8,10-14H2,1-3H3. The van der Waals surface area contributed by atoms with Crippen molar-refractivity contribution in [2.75, 3.05) is 19.6 Å². The van der Waals surface area contributed by atoms with E-state index in [0.717, 1.165) is 18.0 Å². The Morgan fingerprint density at radius 2 is 2.20 bits per heavy atom. The maximum absolute atomic E-state index is 3.76. The fourth-order valence-corrected chi connectivity index (χ4v) is 3.77. The number of nitrogens with zero attached hydrogens (tertiary/aromatic N) is 1. The molecule has 116 valence electrons. The summed E-state index contributed by atoms with van der Waals surface area (Å²) in [5.74, 6) is 0.755. The highest BCUT2D eigenvalue weighted by Crippen LogP contribution is 2.23. The lowest BCUT2D eigenvalue weighted by molar-refractivity contribution is 0.0965. The molecule has 1 fully saturated rings. The highest BCUT2D eigenvalue weighted by atomic mass is 15.2. The van der Waals surface area contributed by atoms with Gasteiger partial charge in [-0.2, -0.15) is 0 Å². The van der Waals surface area contributed by atoms with E-state index in [1.165, 1.54) is 64.6 Å². The number of rotatable bonds is 6. The number of piperazine rings is 1. The molecule has 20 heavy (non-hydrogen) atoms. The number of hydrogen-bond acceptors (Lipinski definition) is 2. The van der Waals surface area contributed by atoms with Gasteiger partial charge in [0.2, 0.25) is 0 Å². The van der Waals surface area contributed by atoms with Crippen LogP contribution in [0.1, 0.15) is 65.7 Å². The number of allylic oxidation sites excluding steroid dienone is 1. The highest BCUT2D eigenvalue weighted by Gasteiger charge is 2.29. The van der Waals surface area contributed by atoms with E-state index in [2.05, 4.69) is 37.1 Å². The van der Waals surface area contributed by atoms with Gasteiger partial charge in [-0.3, -0.25) is 4.90 Å². The lowest BCUT2D eigenvalue weighted by atomic mass is 9.94. The van der Waals surface area contributed by atoms with Crippen LogP contribution in [0.4, 0.5) is 0 Å². The van der Waals surface area contributed by atoms with Crippen molar-refractivity contribution in [2.24, 2.45) is 5.92 Å². The molecule has 1 N–H and O–H groups in total. The molecule has 2 heteroatoms. The lowest BCUT2D eigenvalue weighted by Crippen LogP contribution is -2.58. The molecule has 2 nitrogen and oxygen atoms in total. The van der Waals surface area contributed by atoms with Gasteiger partial charge in [-0.15, -0.1) is 0 Å². The Labute approximate surface area is 126 Å². The Balaban J connectivity index is 1.87. The molecule has 0 saturated carbocycles. The van der Waals surface area contributed by atoms with Crippen LogP contribution < -0.4 is 5.32 Å². The van der Waals surface area contributed by atoms with Crippen molar-refractivity contribution >= 4 is 0 Å². The average molecular weight is 278 g/mol. The second-order valence-electron chi connectivity index (χ2n) is 7.06. The highest BCUT2D eigenvalue weighted by molar-refractivity contribution is 5.05. The summed E-state index contributed by atoms with van der Waals surface area (Å²) in [6.45, 7) is 10.8. The van der Waals surface area contributed by atoms with E-state index in [0.29, 0.717) is 0 Å². The van der Waals surface area contributed by atoms with Gasteiger partial charge in [0.05, 0.1) is 0 Å². The summed E-state index contributed by atoms with van der Waals surface area (Å²) < 4.78 is 0. The third kappa shape index (κ3) is 4.60. The van der Waals surface area contributed by atoms with Crippen molar-refractivity contribution in [3.05, 3.63) is 11.6 Å². The first-order valence-electron chi connectivity index (χ1n) is 8.86. The van der Waals surface area contributed by atoms with Crippen LogP contribution in [0.15, 0.2) is 11.6 Å². The van der Waals surface area contributed by atoms with Crippen LogP contribution >= 0.6 is 0 Å². The molecule has 1 aliphatic carbocycles. The zero-order valence-electron chi connectivity index (χ0n) is 13.8. The molecule has 0 spiro atoms. The Bertz CT molecular complexity index is 309. The molecule has 0 aromatic heterocycles. The Morgan fingerprint density at radius 1 is 1.35 bits per heavy atom. The molecule has 2 atom stereocenters. The zero-order valence-corrected chi connectivity index (χ0v) is 13.8. The molecule has 2 rings (SSSR count). The summed E-state index contributed by atoms with van der Waals surface area (Å²) >= 11 is 0. The van der Waals surface area contributed by atoms with Crippen LogP contribution in [0.2, 0.25) is 0 Å². The van der Waals surface area contributed by atoms with Gasteiger partial charge in [0.25, 0.3) is 0 Å². The molecule has 0 aromatic carbocycles. The molecule has 0 aromatic rings. The quantitative estimate of drug-likeness (QED) is 0.739. The molecule has 1 saturated heterocycles. The second-order valence-corrected chi connectivity index (χ2v) is 7.06. The van der Waals surface area contributed by atoms with Gasteiger partial charge in [-0.05, 0) is 44.4 Å². The molecular weight excluding hydrogens is 244 g/mol. The maximum atomic E-state index is 3.76. The smallest absolute Gasteiger partial charge is 0.0244 e. The third-order valence-electron chi connectivity index (χ3n) is 5.05. The first-order valence-corrected chi connectivity index (χ1v) is 8.86. The Morgan fingerprint density at radius 3 is 2.85 bits per heavy atom. The SMILES string of the molecule is CCCC1CN(CCC2=CCCCC2)C(C(C)C)CN1. The minimum absolute atomic E-state index is 0.718. The molecule has 0 radical (unpaired) electrons. The van der Waals surface area contributed by atoms with Crippen LogP contribution in [0, 0.1) is 5.92 Å². The average Bonchev–Trinajstić information content (AvgIpc) is 2.46. The van der Waals surface area contributed by atoms with Gasteiger partial charge in [-0.1, -0.05) is 38.8 Å². The molecule has 1 heterocycles. The minimum Gasteiger partial charge on any atom is -0.311 e. The second kappa shape index (κ2) is 8.19. The van der Waals surface area contributed by atoms with E-state index < -0.39 is 0 Å². The first kappa shape index (κ1) is 16.0. The van der Waals surface area contributed by atoms with Gasteiger partial charge in [0.1, 0.15) is 0 Å². The topological polar surface area (TPSA) is 15.3 Å². The lowest BCUT2D eigenvalue weighted by Gasteiger charge is -2.42. The monoisotopic (exact) mass is 278 g/mol. The van der Waals surface area contributed by atoms with E-state index in [1.807, 2.05) is 0 Å². The van der Waals surface area contributed by atoms with Crippen LogP contribution in [0.25, 0.3) is 0 Å². The van der Waals surface area contributed by atoms with Gasteiger partial charge in [0.15, 0.2) is 0 Å². The van der Waals surface area contributed by atoms with Crippen LogP contribution in [0.3, 0.4) is 0 Å². The van der Waals surface area contributed by atoms with Crippen LogP contribution in [-0.2, 0) is 0 Å². The minimum atomic E-state index is 0.718. The van der Waals surface area contributed by atoms with Crippen LogP contribution in [0.5, 0.6) is 0 Å². The third-order valence-corrected chi connectivity index (χ3v) is 5.05. The van der Waals surface area contributed by atoms with E-state index in [-0.39, 0.29) is 0 Å².